The van der Waals surface area contributed by atoms with E-state index < -0.39 is 6.03 Å². The SMILES string of the molecule is CC(C)CCNC(=O)NC(=O)CSc1nnc(COc2ccccc2Cl)n1C1CC1. The van der Waals surface area contributed by atoms with Crippen molar-refractivity contribution in [1.29, 1.82) is 0 Å². The maximum absolute atomic E-state index is 12.1. The minimum atomic E-state index is -0.473. The largest absolute Gasteiger partial charge is 0.484 e. The number of aromatic nitrogens is 3. The van der Waals surface area contributed by atoms with Crippen LogP contribution in [0.3, 0.4) is 0 Å². The number of halogens is 1. The lowest BCUT2D eigenvalue weighted by Crippen LogP contribution is -2.40. The standard InChI is InChI=1S/C20H26ClN5O3S/c1-13(2)9-10-22-19(28)23-18(27)12-30-20-25-24-17(26(20)14-7-8-14)11-29-16-6-4-3-5-15(16)21/h3-6,13-14H,7-12H2,1-2H3,(H2,22,23,27,28). The summed E-state index contributed by atoms with van der Waals surface area (Å²) in [6, 6.07) is 7.10. The number of amides is 3. The number of benzene rings is 1. The third-order valence-electron chi connectivity index (χ3n) is 4.43. The van der Waals surface area contributed by atoms with Crippen LogP contribution in [-0.2, 0) is 11.4 Å². The van der Waals surface area contributed by atoms with Crippen molar-refractivity contribution in [3.05, 3.63) is 35.1 Å². The van der Waals surface area contributed by atoms with E-state index in [9.17, 15) is 9.59 Å². The maximum Gasteiger partial charge on any atom is 0.321 e. The summed E-state index contributed by atoms with van der Waals surface area (Å²) in [5, 5.41) is 14.6. The molecule has 8 nitrogen and oxygen atoms in total. The highest BCUT2D eigenvalue weighted by Crippen LogP contribution is 2.39. The van der Waals surface area contributed by atoms with Crippen LogP contribution in [0.4, 0.5) is 4.79 Å². The number of thioether (sulfide) groups is 1. The van der Waals surface area contributed by atoms with Gasteiger partial charge in [-0.3, -0.25) is 14.7 Å². The molecule has 1 aromatic carbocycles. The predicted molar refractivity (Wildman–Crippen MR) is 116 cm³/mol. The molecule has 2 N–H and O–H groups in total. The fourth-order valence-corrected chi connectivity index (χ4v) is 3.73. The van der Waals surface area contributed by atoms with Gasteiger partial charge >= 0.3 is 6.03 Å². The van der Waals surface area contributed by atoms with Crippen molar-refractivity contribution in [3.8, 4) is 5.75 Å². The quantitative estimate of drug-likeness (QED) is 0.533. The first-order valence-corrected chi connectivity index (χ1v) is 11.3. The number of hydrogen-bond acceptors (Lipinski definition) is 6. The summed E-state index contributed by atoms with van der Waals surface area (Å²) in [6.07, 6.45) is 2.93. The lowest BCUT2D eigenvalue weighted by molar-refractivity contribution is -0.117. The smallest absolute Gasteiger partial charge is 0.321 e. The van der Waals surface area contributed by atoms with Gasteiger partial charge in [-0.1, -0.05) is 49.3 Å². The second kappa shape index (κ2) is 10.7. The molecule has 1 aromatic heterocycles. The maximum atomic E-state index is 12.1. The van der Waals surface area contributed by atoms with Crippen molar-refractivity contribution in [1.82, 2.24) is 25.4 Å². The van der Waals surface area contributed by atoms with Crippen molar-refractivity contribution < 1.29 is 14.3 Å². The molecule has 1 fully saturated rings. The molecule has 162 valence electrons. The number of rotatable bonds is 10. The third-order valence-corrected chi connectivity index (χ3v) is 5.69. The Morgan fingerprint density at radius 2 is 2.07 bits per heavy atom. The van der Waals surface area contributed by atoms with Crippen LogP contribution in [0.1, 0.15) is 45.0 Å². The lowest BCUT2D eigenvalue weighted by Gasteiger charge is -2.11. The molecule has 0 spiro atoms. The van der Waals surface area contributed by atoms with Gasteiger partial charge in [0, 0.05) is 12.6 Å². The topological polar surface area (TPSA) is 98.1 Å². The van der Waals surface area contributed by atoms with Gasteiger partial charge in [-0.15, -0.1) is 10.2 Å². The summed E-state index contributed by atoms with van der Waals surface area (Å²) in [6.45, 7) is 4.92. The van der Waals surface area contributed by atoms with E-state index in [0.29, 0.717) is 40.3 Å². The Morgan fingerprint density at radius 3 is 2.77 bits per heavy atom. The van der Waals surface area contributed by atoms with E-state index in [2.05, 4.69) is 34.7 Å². The minimum absolute atomic E-state index is 0.0772. The Labute approximate surface area is 185 Å². The van der Waals surface area contributed by atoms with E-state index in [4.69, 9.17) is 16.3 Å². The average molecular weight is 452 g/mol. The highest BCUT2D eigenvalue weighted by atomic mass is 35.5. The molecule has 0 atom stereocenters. The second-order valence-electron chi connectivity index (χ2n) is 7.49. The van der Waals surface area contributed by atoms with Crippen LogP contribution in [0.15, 0.2) is 29.4 Å². The van der Waals surface area contributed by atoms with Crippen LogP contribution in [0, 0.1) is 5.92 Å². The summed E-state index contributed by atoms with van der Waals surface area (Å²) >= 11 is 7.39. The number of nitrogens with zero attached hydrogens (tertiary/aromatic N) is 3. The van der Waals surface area contributed by atoms with Crippen molar-refractivity contribution in [2.45, 2.75) is 50.9 Å². The Bertz CT molecular complexity index is 885. The highest BCUT2D eigenvalue weighted by Gasteiger charge is 2.30. The predicted octanol–water partition coefficient (Wildman–Crippen LogP) is 3.81. The summed E-state index contributed by atoms with van der Waals surface area (Å²) in [5.74, 6) is 1.46. The Morgan fingerprint density at radius 1 is 1.30 bits per heavy atom. The molecule has 0 saturated heterocycles. The Balaban J connectivity index is 1.52. The lowest BCUT2D eigenvalue weighted by atomic mass is 10.1. The van der Waals surface area contributed by atoms with Gasteiger partial charge in [0.15, 0.2) is 11.0 Å². The monoisotopic (exact) mass is 451 g/mol. The summed E-state index contributed by atoms with van der Waals surface area (Å²) in [4.78, 5) is 23.9. The molecule has 3 rings (SSSR count). The number of para-hydroxylation sites is 1. The molecular formula is C20H26ClN5O3S. The van der Waals surface area contributed by atoms with E-state index in [-0.39, 0.29) is 18.3 Å². The molecule has 10 heteroatoms. The van der Waals surface area contributed by atoms with Crippen LogP contribution in [0.25, 0.3) is 0 Å². The Hall–Kier alpha value is -2.26. The molecule has 0 aliphatic heterocycles. The zero-order valence-electron chi connectivity index (χ0n) is 17.1. The van der Waals surface area contributed by atoms with Crippen LogP contribution in [-0.4, -0.2) is 39.0 Å². The summed E-state index contributed by atoms with van der Waals surface area (Å²) < 4.78 is 7.80. The van der Waals surface area contributed by atoms with Gasteiger partial charge in [0.25, 0.3) is 0 Å². The van der Waals surface area contributed by atoms with Gasteiger partial charge in [0.1, 0.15) is 12.4 Å². The number of nitrogens with one attached hydrogen (secondary N) is 2. The molecule has 0 bridgehead atoms. The second-order valence-corrected chi connectivity index (χ2v) is 8.84. The third kappa shape index (κ3) is 6.63. The fraction of sp³-hybridized carbons (Fsp3) is 0.500. The molecule has 30 heavy (non-hydrogen) atoms. The zero-order chi connectivity index (χ0) is 21.5. The van der Waals surface area contributed by atoms with Gasteiger partial charge in [-0.25, -0.2) is 4.79 Å². The van der Waals surface area contributed by atoms with E-state index in [1.807, 2.05) is 16.7 Å². The van der Waals surface area contributed by atoms with Crippen LogP contribution < -0.4 is 15.4 Å². The number of ether oxygens (including phenoxy) is 1. The molecule has 1 heterocycles. The van der Waals surface area contributed by atoms with Gasteiger partial charge in [-0.05, 0) is 37.3 Å². The minimum Gasteiger partial charge on any atom is -0.484 e. The first kappa shape index (κ1) is 22.4. The van der Waals surface area contributed by atoms with E-state index in [1.165, 1.54) is 11.8 Å². The van der Waals surface area contributed by atoms with Crippen molar-refractivity contribution in [3.63, 3.8) is 0 Å². The highest BCUT2D eigenvalue weighted by molar-refractivity contribution is 7.99. The molecule has 1 aliphatic carbocycles. The normalized spacial score (nSPS) is 13.3. The summed E-state index contributed by atoms with van der Waals surface area (Å²) in [7, 11) is 0. The fourth-order valence-electron chi connectivity index (χ4n) is 2.72. The van der Waals surface area contributed by atoms with E-state index >= 15 is 0 Å². The van der Waals surface area contributed by atoms with Crippen LogP contribution >= 0.6 is 23.4 Å². The van der Waals surface area contributed by atoms with Gasteiger partial charge in [0.05, 0.1) is 10.8 Å². The van der Waals surface area contributed by atoms with E-state index in [1.54, 1.807) is 12.1 Å². The number of carbonyl (C=O) groups excluding carboxylic acids is 2. The van der Waals surface area contributed by atoms with E-state index in [0.717, 1.165) is 19.3 Å². The molecule has 0 radical (unpaired) electrons. The molecular weight excluding hydrogens is 426 g/mol. The first-order chi connectivity index (χ1) is 14.4. The summed E-state index contributed by atoms with van der Waals surface area (Å²) in [5.41, 5.74) is 0. The van der Waals surface area contributed by atoms with Gasteiger partial charge in [0.2, 0.25) is 5.91 Å². The van der Waals surface area contributed by atoms with Crippen LogP contribution in [0.2, 0.25) is 5.02 Å². The Kier molecular flexibility index (Phi) is 7.98. The van der Waals surface area contributed by atoms with Gasteiger partial charge < -0.3 is 10.1 Å². The number of urea groups is 1. The number of carbonyl (C=O) groups is 2. The molecule has 2 aromatic rings. The molecule has 1 saturated carbocycles. The number of hydrogen-bond donors (Lipinski definition) is 2. The van der Waals surface area contributed by atoms with Crippen LogP contribution in [0.5, 0.6) is 5.75 Å². The number of imide groups is 1. The molecule has 0 unspecified atom stereocenters. The molecule has 3 amide bonds. The van der Waals surface area contributed by atoms with Crippen molar-refractivity contribution >= 4 is 35.3 Å². The van der Waals surface area contributed by atoms with Crippen molar-refractivity contribution in [2.75, 3.05) is 12.3 Å². The van der Waals surface area contributed by atoms with Crippen molar-refractivity contribution in [2.24, 2.45) is 5.92 Å². The zero-order valence-corrected chi connectivity index (χ0v) is 18.6. The molecule has 1 aliphatic rings. The average Bonchev–Trinajstić information content (AvgIpc) is 3.45. The van der Waals surface area contributed by atoms with Gasteiger partial charge in [-0.2, -0.15) is 0 Å². The first-order valence-electron chi connectivity index (χ1n) is 9.95.